The summed E-state index contributed by atoms with van der Waals surface area (Å²) in [6.45, 7) is 1.81. The fourth-order valence-electron chi connectivity index (χ4n) is 2.43. The number of nitrogens with two attached hydrogens (primary N) is 1. The Labute approximate surface area is 140 Å². The molecular formula is C18H20FN3O2. The molecule has 5 nitrogen and oxygen atoms in total. The van der Waals surface area contributed by atoms with Gasteiger partial charge in [-0.25, -0.2) is 9.18 Å². The number of rotatable bonds is 6. The average molecular weight is 329 g/mol. The maximum atomic E-state index is 13.0. The van der Waals surface area contributed by atoms with E-state index in [4.69, 9.17) is 5.73 Å². The third-order valence-corrected chi connectivity index (χ3v) is 3.66. The highest BCUT2D eigenvalue weighted by Crippen LogP contribution is 2.18. The minimum absolute atomic E-state index is 0.0541. The molecule has 0 bridgehead atoms. The summed E-state index contributed by atoms with van der Waals surface area (Å²) in [5.41, 5.74) is 6.78. The molecule has 4 N–H and O–H groups in total. The van der Waals surface area contributed by atoms with Gasteiger partial charge in [0, 0.05) is 0 Å². The molecule has 0 fully saturated rings. The van der Waals surface area contributed by atoms with Crippen LogP contribution in [0, 0.1) is 5.82 Å². The van der Waals surface area contributed by atoms with Crippen LogP contribution in [0.4, 0.5) is 9.18 Å². The highest BCUT2D eigenvalue weighted by atomic mass is 19.1. The smallest absolute Gasteiger partial charge is 0.312 e. The topological polar surface area (TPSA) is 84.2 Å². The number of benzene rings is 2. The normalized spacial score (nSPS) is 12.9. The highest BCUT2D eigenvalue weighted by Gasteiger charge is 2.18. The Morgan fingerprint density at radius 3 is 2.21 bits per heavy atom. The van der Waals surface area contributed by atoms with Crippen LogP contribution in [0.3, 0.4) is 0 Å². The minimum atomic E-state index is -0.691. The third-order valence-electron chi connectivity index (χ3n) is 3.66. The van der Waals surface area contributed by atoms with E-state index in [-0.39, 0.29) is 24.2 Å². The Hall–Kier alpha value is -2.89. The number of carbonyl (C=O) groups excluding carboxylic acids is 2. The molecule has 24 heavy (non-hydrogen) atoms. The molecule has 0 heterocycles. The molecule has 0 aliphatic carbocycles. The summed E-state index contributed by atoms with van der Waals surface area (Å²) in [6.07, 6.45) is 0.0541. The Balaban J connectivity index is 2.02. The Morgan fingerprint density at radius 2 is 1.62 bits per heavy atom. The number of carbonyl (C=O) groups is 2. The molecule has 2 atom stereocenters. The lowest BCUT2D eigenvalue weighted by molar-refractivity contribution is -0.122. The molecule has 0 spiro atoms. The lowest BCUT2D eigenvalue weighted by Gasteiger charge is -2.20. The van der Waals surface area contributed by atoms with Crippen LogP contribution in [-0.4, -0.2) is 11.9 Å². The van der Waals surface area contributed by atoms with Gasteiger partial charge in [0.05, 0.1) is 18.5 Å². The zero-order valence-corrected chi connectivity index (χ0v) is 13.3. The van der Waals surface area contributed by atoms with Crippen molar-refractivity contribution in [3.05, 3.63) is 71.5 Å². The highest BCUT2D eigenvalue weighted by molar-refractivity contribution is 5.79. The van der Waals surface area contributed by atoms with Crippen molar-refractivity contribution < 1.29 is 14.0 Å². The number of hydrogen-bond donors (Lipinski definition) is 3. The van der Waals surface area contributed by atoms with Crippen molar-refractivity contribution in [2.45, 2.75) is 25.4 Å². The first-order chi connectivity index (χ1) is 11.5. The molecule has 6 heteroatoms. The summed E-state index contributed by atoms with van der Waals surface area (Å²) >= 11 is 0. The van der Waals surface area contributed by atoms with Crippen molar-refractivity contribution in [2.24, 2.45) is 5.73 Å². The SMILES string of the molecule is C[C@H](NC(=O)C[C@@H](NC(N)=O)c1ccccc1)c1ccc(F)cc1. The predicted octanol–water partition coefficient (Wildman–Crippen LogP) is 2.80. The summed E-state index contributed by atoms with van der Waals surface area (Å²) in [7, 11) is 0. The second-order valence-electron chi connectivity index (χ2n) is 5.52. The van der Waals surface area contributed by atoms with Gasteiger partial charge in [0.15, 0.2) is 0 Å². The molecule has 0 saturated carbocycles. The quantitative estimate of drug-likeness (QED) is 0.761. The lowest BCUT2D eigenvalue weighted by Crippen LogP contribution is -2.37. The van der Waals surface area contributed by atoms with E-state index >= 15 is 0 Å². The molecule has 126 valence electrons. The standard InChI is InChI=1S/C18H20FN3O2/c1-12(13-7-9-15(19)10-8-13)21-17(23)11-16(22-18(20)24)14-5-3-2-4-6-14/h2-10,12,16H,11H2,1H3,(H,21,23)(H3,20,22,24)/t12-,16+/m0/s1. The molecule has 2 rings (SSSR count). The van der Waals surface area contributed by atoms with Gasteiger partial charge in [-0.05, 0) is 30.2 Å². The van der Waals surface area contributed by atoms with Crippen molar-refractivity contribution in [1.82, 2.24) is 10.6 Å². The largest absolute Gasteiger partial charge is 0.352 e. The summed E-state index contributed by atoms with van der Waals surface area (Å²) in [5.74, 6) is -0.568. The van der Waals surface area contributed by atoms with Crippen LogP contribution in [0.2, 0.25) is 0 Å². The molecule has 3 amide bonds. The van der Waals surface area contributed by atoms with Gasteiger partial charge in [-0.1, -0.05) is 42.5 Å². The Morgan fingerprint density at radius 1 is 1.00 bits per heavy atom. The van der Waals surface area contributed by atoms with Crippen LogP contribution in [0.25, 0.3) is 0 Å². The van der Waals surface area contributed by atoms with E-state index in [1.165, 1.54) is 12.1 Å². The first kappa shape index (κ1) is 17.5. The summed E-state index contributed by atoms with van der Waals surface area (Å²) in [6, 6.07) is 13.6. The third kappa shape index (κ3) is 5.08. The van der Waals surface area contributed by atoms with Crippen molar-refractivity contribution in [3.63, 3.8) is 0 Å². The number of nitrogens with one attached hydrogen (secondary N) is 2. The second-order valence-corrected chi connectivity index (χ2v) is 5.52. The zero-order valence-electron chi connectivity index (χ0n) is 13.3. The van der Waals surface area contributed by atoms with Crippen LogP contribution in [0.15, 0.2) is 54.6 Å². The lowest BCUT2D eigenvalue weighted by atomic mass is 10.0. The first-order valence-electron chi connectivity index (χ1n) is 7.61. The predicted molar refractivity (Wildman–Crippen MR) is 89.5 cm³/mol. The molecule has 0 radical (unpaired) electrons. The number of primary amides is 1. The van der Waals surface area contributed by atoms with Gasteiger partial charge >= 0.3 is 6.03 Å². The van der Waals surface area contributed by atoms with E-state index in [0.29, 0.717) is 0 Å². The molecule has 2 aromatic carbocycles. The zero-order chi connectivity index (χ0) is 17.5. The molecule has 2 aromatic rings. The molecule has 0 unspecified atom stereocenters. The van der Waals surface area contributed by atoms with Crippen molar-refractivity contribution in [2.75, 3.05) is 0 Å². The maximum Gasteiger partial charge on any atom is 0.312 e. The molecule has 0 aromatic heterocycles. The van der Waals surface area contributed by atoms with Crippen molar-refractivity contribution >= 4 is 11.9 Å². The Bertz CT molecular complexity index is 689. The van der Waals surface area contributed by atoms with Crippen LogP contribution in [0.1, 0.15) is 36.6 Å². The van der Waals surface area contributed by atoms with Crippen molar-refractivity contribution in [1.29, 1.82) is 0 Å². The van der Waals surface area contributed by atoms with Gasteiger partial charge in [-0.3, -0.25) is 4.79 Å². The van der Waals surface area contributed by atoms with Crippen LogP contribution in [0.5, 0.6) is 0 Å². The van der Waals surface area contributed by atoms with E-state index < -0.39 is 12.1 Å². The van der Waals surface area contributed by atoms with Crippen LogP contribution < -0.4 is 16.4 Å². The van der Waals surface area contributed by atoms with Crippen LogP contribution >= 0.6 is 0 Å². The van der Waals surface area contributed by atoms with Gasteiger partial charge in [0.2, 0.25) is 5.91 Å². The molecule has 0 aliphatic heterocycles. The first-order valence-corrected chi connectivity index (χ1v) is 7.61. The minimum Gasteiger partial charge on any atom is -0.352 e. The summed E-state index contributed by atoms with van der Waals surface area (Å²) in [5, 5.41) is 5.41. The number of hydrogen-bond acceptors (Lipinski definition) is 2. The number of urea groups is 1. The molecule has 0 aliphatic rings. The van der Waals surface area contributed by atoms with Gasteiger partial charge in [-0.15, -0.1) is 0 Å². The molecular weight excluding hydrogens is 309 g/mol. The second kappa shape index (κ2) is 8.10. The monoisotopic (exact) mass is 329 g/mol. The Kier molecular flexibility index (Phi) is 5.89. The average Bonchev–Trinajstić information content (AvgIpc) is 2.55. The maximum absolute atomic E-state index is 13.0. The summed E-state index contributed by atoms with van der Waals surface area (Å²) in [4.78, 5) is 23.5. The van der Waals surface area contributed by atoms with Gasteiger partial charge in [-0.2, -0.15) is 0 Å². The van der Waals surface area contributed by atoms with Gasteiger partial charge < -0.3 is 16.4 Å². The fourth-order valence-corrected chi connectivity index (χ4v) is 2.43. The fraction of sp³-hybridized carbons (Fsp3) is 0.222. The van der Waals surface area contributed by atoms with E-state index in [1.807, 2.05) is 37.3 Å². The van der Waals surface area contributed by atoms with E-state index in [0.717, 1.165) is 11.1 Å². The number of amides is 3. The van der Waals surface area contributed by atoms with E-state index in [9.17, 15) is 14.0 Å². The van der Waals surface area contributed by atoms with E-state index in [1.54, 1.807) is 12.1 Å². The molecule has 0 saturated heterocycles. The van der Waals surface area contributed by atoms with Gasteiger partial charge in [0.25, 0.3) is 0 Å². The van der Waals surface area contributed by atoms with Crippen LogP contribution in [-0.2, 0) is 4.79 Å². The van der Waals surface area contributed by atoms with Crippen molar-refractivity contribution in [3.8, 4) is 0 Å². The van der Waals surface area contributed by atoms with Gasteiger partial charge in [0.1, 0.15) is 5.82 Å². The number of halogens is 1. The van der Waals surface area contributed by atoms with E-state index in [2.05, 4.69) is 10.6 Å². The summed E-state index contributed by atoms with van der Waals surface area (Å²) < 4.78 is 13.0.